The number of ether oxygens (including phenoxy) is 1. The van der Waals surface area contributed by atoms with E-state index in [2.05, 4.69) is 20.8 Å². The van der Waals surface area contributed by atoms with Crippen molar-refractivity contribution in [1.29, 1.82) is 0 Å². The summed E-state index contributed by atoms with van der Waals surface area (Å²) in [6, 6.07) is 0. The van der Waals surface area contributed by atoms with Crippen LogP contribution < -0.4 is 5.73 Å². The molecule has 3 nitrogen and oxygen atoms in total. The van der Waals surface area contributed by atoms with Crippen LogP contribution in [-0.2, 0) is 9.53 Å². The van der Waals surface area contributed by atoms with Crippen molar-refractivity contribution in [2.75, 3.05) is 13.7 Å². The summed E-state index contributed by atoms with van der Waals surface area (Å²) in [6.45, 7) is 6.82. The molecule has 0 aliphatic heterocycles. The van der Waals surface area contributed by atoms with Gasteiger partial charge in [-0.1, -0.05) is 20.8 Å². The Bertz CT molecular complexity index is 219. The van der Waals surface area contributed by atoms with Crippen molar-refractivity contribution < 1.29 is 9.53 Å². The molecule has 1 rings (SSSR count). The molecule has 0 radical (unpaired) electrons. The van der Waals surface area contributed by atoms with Gasteiger partial charge in [0.15, 0.2) is 0 Å². The van der Waals surface area contributed by atoms with Gasteiger partial charge >= 0.3 is 5.97 Å². The second-order valence-electron chi connectivity index (χ2n) is 4.97. The van der Waals surface area contributed by atoms with E-state index in [9.17, 15) is 4.79 Å². The van der Waals surface area contributed by atoms with Gasteiger partial charge < -0.3 is 10.5 Å². The van der Waals surface area contributed by atoms with Crippen molar-refractivity contribution in [3.63, 3.8) is 0 Å². The van der Waals surface area contributed by atoms with Gasteiger partial charge in [0.05, 0.1) is 12.5 Å². The molecule has 0 unspecified atom stereocenters. The van der Waals surface area contributed by atoms with E-state index >= 15 is 0 Å². The molecule has 3 heteroatoms. The van der Waals surface area contributed by atoms with Gasteiger partial charge in [-0.05, 0) is 17.8 Å². The Morgan fingerprint density at radius 3 is 2.38 bits per heavy atom. The molecule has 1 aliphatic rings. The fraction of sp³-hybridized carbons (Fsp3) is 0.900. The van der Waals surface area contributed by atoms with E-state index in [-0.39, 0.29) is 16.8 Å². The Kier molecular flexibility index (Phi) is 2.41. The molecule has 76 valence electrons. The molecule has 0 aromatic rings. The number of carbonyl (C=O) groups is 1. The van der Waals surface area contributed by atoms with Crippen LogP contribution in [0.3, 0.4) is 0 Å². The van der Waals surface area contributed by atoms with E-state index in [1.165, 1.54) is 7.11 Å². The van der Waals surface area contributed by atoms with Gasteiger partial charge in [0.25, 0.3) is 0 Å². The summed E-state index contributed by atoms with van der Waals surface area (Å²) in [6.07, 6.45) is 0.875. The number of carbonyl (C=O) groups excluding carboxylic acids is 1. The molecule has 1 saturated carbocycles. The van der Waals surface area contributed by atoms with Gasteiger partial charge in [-0.3, -0.25) is 4.79 Å². The highest BCUT2D eigenvalue weighted by Crippen LogP contribution is 2.60. The Labute approximate surface area is 79.6 Å². The summed E-state index contributed by atoms with van der Waals surface area (Å²) < 4.78 is 4.77. The minimum Gasteiger partial charge on any atom is -0.469 e. The van der Waals surface area contributed by atoms with Crippen molar-refractivity contribution in [3.05, 3.63) is 0 Å². The van der Waals surface area contributed by atoms with Crippen LogP contribution in [0.5, 0.6) is 0 Å². The second-order valence-corrected chi connectivity index (χ2v) is 4.97. The molecule has 2 N–H and O–H groups in total. The molecule has 1 fully saturated rings. The summed E-state index contributed by atoms with van der Waals surface area (Å²) in [5.41, 5.74) is 5.40. The van der Waals surface area contributed by atoms with E-state index in [4.69, 9.17) is 10.5 Å². The van der Waals surface area contributed by atoms with Crippen molar-refractivity contribution in [1.82, 2.24) is 0 Å². The monoisotopic (exact) mass is 185 g/mol. The third-order valence-electron chi connectivity index (χ3n) is 3.08. The maximum Gasteiger partial charge on any atom is 0.313 e. The van der Waals surface area contributed by atoms with Crippen LogP contribution in [0.1, 0.15) is 27.2 Å². The average Bonchev–Trinajstić information content (AvgIpc) is 2.78. The lowest BCUT2D eigenvalue weighted by Crippen LogP contribution is -2.31. The van der Waals surface area contributed by atoms with Gasteiger partial charge in [0, 0.05) is 6.54 Å². The molecule has 0 saturated heterocycles. The minimum atomic E-state index is -0.382. The Balaban J connectivity index is 2.75. The van der Waals surface area contributed by atoms with E-state index in [0.29, 0.717) is 12.5 Å². The molecule has 0 aromatic carbocycles. The maximum absolute atomic E-state index is 11.5. The smallest absolute Gasteiger partial charge is 0.313 e. The van der Waals surface area contributed by atoms with Crippen LogP contribution in [0, 0.1) is 16.7 Å². The van der Waals surface area contributed by atoms with Crippen molar-refractivity contribution in [2.45, 2.75) is 27.2 Å². The summed E-state index contributed by atoms with van der Waals surface area (Å²) in [7, 11) is 1.43. The van der Waals surface area contributed by atoms with Crippen molar-refractivity contribution >= 4 is 5.97 Å². The fourth-order valence-corrected chi connectivity index (χ4v) is 2.18. The highest BCUT2D eigenvalue weighted by molar-refractivity contribution is 5.81. The van der Waals surface area contributed by atoms with E-state index in [0.717, 1.165) is 6.42 Å². The Hall–Kier alpha value is -0.570. The standard InChI is InChI=1S/C10H19NO2/c1-9(2,3)7-5-10(7,6-11)8(12)13-4/h7H,5-6,11H2,1-4H3/t7-,10+/m1/s1. The highest BCUT2D eigenvalue weighted by atomic mass is 16.5. The molecule has 1 aliphatic carbocycles. The van der Waals surface area contributed by atoms with E-state index in [1.54, 1.807) is 0 Å². The number of rotatable bonds is 2. The van der Waals surface area contributed by atoms with Gasteiger partial charge in [-0.15, -0.1) is 0 Å². The normalized spacial score (nSPS) is 32.8. The Morgan fingerprint density at radius 2 is 2.15 bits per heavy atom. The minimum absolute atomic E-state index is 0.144. The Morgan fingerprint density at radius 1 is 1.62 bits per heavy atom. The summed E-state index contributed by atoms with van der Waals surface area (Å²) in [4.78, 5) is 11.5. The third kappa shape index (κ3) is 1.57. The molecule has 2 atom stereocenters. The van der Waals surface area contributed by atoms with Gasteiger partial charge in [-0.2, -0.15) is 0 Å². The first kappa shape index (κ1) is 10.5. The first-order valence-corrected chi connectivity index (χ1v) is 4.67. The highest BCUT2D eigenvalue weighted by Gasteiger charge is 2.63. The summed E-state index contributed by atoms with van der Waals surface area (Å²) in [5, 5.41) is 0. The first-order valence-electron chi connectivity index (χ1n) is 4.67. The zero-order valence-electron chi connectivity index (χ0n) is 8.89. The van der Waals surface area contributed by atoms with Crippen LogP contribution in [0.4, 0.5) is 0 Å². The topological polar surface area (TPSA) is 52.3 Å². The predicted octanol–water partition coefficient (Wildman–Crippen LogP) is 1.17. The van der Waals surface area contributed by atoms with Crippen LogP contribution in [0.15, 0.2) is 0 Å². The quantitative estimate of drug-likeness (QED) is 0.657. The molecule has 0 aromatic heterocycles. The fourth-order valence-electron chi connectivity index (χ4n) is 2.18. The van der Waals surface area contributed by atoms with E-state index in [1.807, 2.05) is 0 Å². The zero-order chi connectivity index (χ0) is 10.3. The van der Waals surface area contributed by atoms with Crippen LogP contribution in [0.25, 0.3) is 0 Å². The maximum atomic E-state index is 11.5. The SMILES string of the molecule is COC(=O)[C@]1(CN)C[C@@H]1C(C)(C)C. The molecule has 0 heterocycles. The molecule has 0 bridgehead atoms. The second kappa shape index (κ2) is 2.98. The molecule has 0 amide bonds. The van der Waals surface area contributed by atoms with Crippen LogP contribution in [0.2, 0.25) is 0 Å². The number of hydrogen-bond acceptors (Lipinski definition) is 3. The lowest BCUT2D eigenvalue weighted by atomic mass is 9.84. The zero-order valence-corrected chi connectivity index (χ0v) is 8.89. The molecular formula is C10H19NO2. The van der Waals surface area contributed by atoms with Gasteiger partial charge in [-0.25, -0.2) is 0 Å². The lowest BCUT2D eigenvalue weighted by molar-refractivity contribution is -0.147. The van der Waals surface area contributed by atoms with Gasteiger partial charge in [0.1, 0.15) is 0 Å². The molecule has 0 spiro atoms. The molecule has 13 heavy (non-hydrogen) atoms. The molecular weight excluding hydrogens is 166 g/mol. The van der Waals surface area contributed by atoms with Crippen molar-refractivity contribution in [2.24, 2.45) is 22.5 Å². The lowest BCUT2D eigenvalue weighted by Gasteiger charge is -2.22. The average molecular weight is 185 g/mol. The van der Waals surface area contributed by atoms with Gasteiger partial charge in [0.2, 0.25) is 0 Å². The number of hydrogen-bond donors (Lipinski definition) is 1. The van der Waals surface area contributed by atoms with Crippen molar-refractivity contribution in [3.8, 4) is 0 Å². The first-order chi connectivity index (χ1) is 5.88. The summed E-state index contributed by atoms with van der Waals surface area (Å²) >= 11 is 0. The van der Waals surface area contributed by atoms with Crippen LogP contribution >= 0.6 is 0 Å². The predicted molar refractivity (Wildman–Crippen MR) is 51.1 cm³/mol. The van der Waals surface area contributed by atoms with Crippen LogP contribution in [-0.4, -0.2) is 19.6 Å². The summed E-state index contributed by atoms with van der Waals surface area (Å²) in [5.74, 6) is 0.229. The third-order valence-corrected chi connectivity index (χ3v) is 3.08. The number of esters is 1. The number of methoxy groups -OCH3 is 1. The number of nitrogens with two attached hydrogens (primary N) is 1. The van der Waals surface area contributed by atoms with E-state index < -0.39 is 0 Å². The largest absolute Gasteiger partial charge is 0.469 e.